The third kappa shape index (κ3) is 2.65. The Hall–Kier alpha value is -1.54. The summed E-state index contributed by atoms with van der Waals surface area (Å²) in [4.78, 5) is 51.1. The van der Waals surface area contributed by atoms with Crippen LogP contribution in [0.25, 0.3) is 21.5 Å². The molecule has 1 aromatic carbocycles. The number of benzene rings is 1. The highest BCUT2D eigenvalue weighted by molar-refractivity contribution is 9.11. The second-order valence-electron chi connectivity index (χ2n) is 6.36. The fourth-order valence-electron chi connectivity index (χ4n) is 3.26. The predicted octanol–water partition coefficient (Wildman–Crippen LogP) is 3.04. The largest absolute Gasteiger partial charge is 0.274 e. The summed E-state index contributed by atoms with van der Waals surface area (Å²) in [5.74, 6) is 0. The number of halogens is 2. The molecule has 3 rings (SSSR count). The van der Waals surface area contributed by atoms with Crippen molar-refractivity contribution in [3.63, 3.8) is 0 Å². The minimum absolute atomic E-state index is 0.162. The summed E-state index contributed by atoms with van der Waals surface area (Å²) >= 11 is 6.65. The van der Waals surface area contributed by atoms with E-state index in [1.165, 1.54) is 9.13 Å². The van der Waals surface area contributed by atoms with Gasteiger partial charge in [-0.05, 0) is 44.7 Å². The Morgan fingerprint density at radius 2 is 0.885 bits per heavy atom. The molecule has 0 fully saturated rings. The van der Waals surface area contributed by atoms with Gasteiger partial charge in [-0.25, -0.2) is 0 Å². The maximum atomic E-state index is 12.8. The molecule has 0 atom stereocenters. The molecule has 2 aromatic heterocycles. The number of hydrogen-bond donors (Lipinski definition) is 0. The number of rotatable bonds is 6. The molecule has 138 valence electrons. The summed E-state index contributed by atoms with van der Waals surface area (Å²) in [6, 6.07) is 0. The van der Waals surface area contributed by atoms with Crippen molar-refractivity contribution in [1.29, 1.82) is 0 Å². The molecule has 0 aliphatic rings. The first-order chi connectivity index (χ1) is 12.4. The SMILES string of the molecule is CCCCn1c(=O)c2c(Br)c3c(=O)n(CCCC)c(=O)c3c(Br)c2c1=O. The van der Waals surface area contributed by atoms with Crippen LogP contribution in [0, 0.1) is 0 Å². The molecule has 0 radical (unpaired) electrons. The van der Waals surface area contributed by atoms with E-state index < -0.39 is 22.2 Å². The average Bonchev–Trinajstić information content (AvgIpc) is 3.01. The van der Waals surface area contributed by atoms with Gasteiger partial charge in [0, 0.05) is 22.0 Å². The summed E-state index contributed by atoms with van der Waals surface area (Å²) < 4.78 is 2.84. The van der Waals surface area contributed by atoms with Crippen LogP contribution in [0.3, 0.4) is 0 Å². The van der Waals surface area contributed by atoms with E-state index in [2.05, 4.69) is 31.9 Å². The van der Waals surface area contributed by atoms with Gasteiger partial charge in [-0.15, -0.1) is 0 Å². The van der Waals surface area contributed by atoms with Gasteiger partial charge in [-0.2, -0.15) is 0 Å². The molecule has 0 amide bonds. The Labute approximate surface area is 165 Å². The van der Waals surface area contributed by atoms with Crippen LogP contribution in [0.15, 0.2) is 28.1 Å². The van der Waals surface area contributed by atoms with E-state index in [4.69, 9.17) is 0 Å². The molecular formula is C18H18Br2N2O4. The van der Waals surface area contributed by atoms with Gasteiger partial charge < -0.3 is 0 Å². The lowest BCUT2D eigenvalue weighted by atomic mass is 10.1. The summed E-state index contributed by atoms with van der Waals surface area (Å²) in [5, 5.41) is 0.649. The van der Waals surface area contributed by atoms with Crippen molar-refractivity contribution in [3.05, 3.63) is 50.4 Å². The second kappa shape index (κ2) is 7.23. The van der Waals surface area contributed by atoms with Gasteiger partial charge in [-0.1, -0.05) is 26.7 Å². The van der Waals surface area contributed by atoms with E-state index in [1.54, 1.807) is 0 Å². The highest BCUT2D eigenvalue weighted by atomic mass is 79.9. The van der Waals surface area contributed by atoms with Crippen LogP contribution < -0.4 is 22.2 Å². The van der Waals surface area contributed by atoms with Crippen LogP contribution in [0.1, 0.15) is 39.5 Å². The Balaban J connectivity index is 2.48. The summed E-state index contributed by atoms with van der Waals surface area (Å²) in [6.45, 7) is 4.58. The number of nitrogens with zero attached hydrogens (tertiary/aromatic N) is 2. The number of hydrogen-bond acceptors (Lipinski definition) is 4. The average molecular weight is 486 g/mol. The van der Waals surface area contributed by atoms with E-state index in [9.17, 15) is 19.2 Å². The third-order valence-corrected chi connectivity index (χ3v) is 6.27. The van der Waals surface area contributed by atoms with Gasteiger partial charge in [0.15, 0.2) is 0 Å². The summed E-state index contributed by atoms with van der Waals surface area (Å²) in [7, 11) is 0. The van der Waals surface area contributed by atoms with Gasteiger partial charge in [0.25, 0.3) is 22.2 Å². The zero-order valence-electron chi connectivity index (χ0n) is 14.5. The quantitative estimate of drug-likeness (QED) is 0.537. The highest BCUT2D eigenvalue weighted by Crippen LogP contribution is 2.34. The molecule has 0 spiro atoms. The Morgan fingerprint density at radius 3 is 1.12 bits per heavy atom. The van der Waals surface area contributed by atoms with Crippen molar-refractivity contribution in [3.8, 4) is 0 Å². The van der Waals surface area contributed by atoms with Gasteiger partial charge in [0.1, 0.15) is 0 Å². The Morgan fingerprint density at radius 1 is 0.615 bits per heavy atom. The minimum Gasteiger partial charge on any atom is -0.274 e. The molecule has 0 aliphatic carbocycles. The van der Waals surface area contributed by atoms with Gasteiger partial charge in [0.2, 0.25) is 0 Å². The molecule has 2 heterocycles. The van der Waals surface area contributed by atoms with Crippen molar-refractivity contribution < 1.29 is 0 Å². The zero-order chi connectivity index (χ0) is 19.2. The topological polar surface area (TPSA) is 78.1 Å². The summed E-state index contributed by atoms with van der Waals surface area (Å²) in [6.07, 6.45) is 3.08. The van der Waals surface area contributed by atoms with Crippen molar-refractivity contribution >= 4 is 53.4 Å². The second-order valence-corrected chi connectivity index (χ2v) is 7.94. The minimum atomic E-state index is -0.430. The molecule has 0 unspecified atom stereocenters. The molecule has 0 N–H and O–H groups in total. The van der Waals surface area contributed by atoms with E-state index in [-0.39, 0.29) is 30.5 Å². The van der Waals surface area contributed by atoms with E-state index in [1.807, 2.05) is 13.8 Å². The van der Waals surface area contributed by atoms with Crippen molar-refractivity contribution in [2.75, 3.05) is 0 Å². The lowest BCUT2D eigenvalue weighted by Crippen LogP contribution is -2.26. The van der Waals surface area contributed by atoms with Crippen molar-refractivity contribution in [2.45, 2.75) is 52.6 Å². The van der Waals surface area contributed by atoms with Crippen molar-refractivity contribution in [1.82, 2.24) is 9.13 Å². The monoisotopic (exact) mass is 484 g/mol. The highest BCUT2D eigenvalue weighted by Gasteiger charge is 2.26. The maximum Gasteiger partial charge on any atom is 0.262 e. The van der Waals surface area contributed by atoms with Crippen LogP contribution in [0.5, 0.6) is 0 Å². The number of aromatic nitrogens is 2. The van der Waals surface area contributed by atoms with Gasteiger partial charge >= 0.3 is 0 Å². The van der Waals surface area contributed by atoms with Gasteiger partial charge in [0.05, 0.1) is 21.5 Å². The first-order valence-corrected chi connectivity index (χ1v) is 10.2. The van der Waals surface area contributed by atoms with E-state index in [0.29, 0.717) is 25.9 Å². The predicted molar refractivity (Wildman–Crippen MR) is 110 cm³/mol. The fourth-order valence-corrected chi connectivity index (χ4v) is 4.73. The molecular weight excluding hydrogens is 468 g/mol. The summed E-state index contributed by atoms with van der Waals surface area (Å²) in [5.41, 5.74) is -1.72. The number of unbranched alkanes of at least 4 members (excludes halogenated alkanes) is 2. The van der Waals surface area contributed by atoms with E-state index >= 15 is 0 Å². The zero-order valence-corrected chi connectivity index (χ0v) is 17.7. The first kappa shape index (κ1) is 19.2. The molecule has 8 heteroatoms. The van der Waals surface area contributed by atoms with Crippen LogP contribution in [-0.4, -0.2) is 9.13 Å². The fraction of sp³-hybridized carbons (Fsp3) is 0.444. The smallest absolute Gasteiger partial charge is 0.262 e. The molecule has 6 nitrogen and oxygen atoms in total. The standard InChI is InChI=1S/C18H18Br2N2O4/c1-3-5-7-21-15(23)9-10(16(21)24)14(20)12-11(13(9)19)17(25)22(18(12)26)8-6-4-2/h3-8H2,1-2H3. The van der Waals surface area contributed by atoms with Crippen LogP contribution in [-0.2, 0) is 13.1 Å². The molecule has 0 saturated carbocycles. The van der Waals surface area contributed by atoms with Crippen LogP contribution >= 0.6 is 31.9 Å². The lowest BCUT2D eigenvalue weighted by Gasteiger charge is -1.98. The van der Waals surface area contributed by atoms with Crippen LogP contribution in [0.4, 0.5) is 0 Å². The Bertz CT molecular complexity index is 1040. The van der Waals surface area contributed by atoms with Crippen LogP contribution in [0.2, 0.25) is 0 Å². The molecule has 0 saturated heterocycles. The molecule has 3 aromatic rings. The van der Waals surface area contributed by atoms with Gasteiger partial charge in [-0.3, -0.25) is 28.3 Å². The maximum absolute atomic E-state index is 12.8. The lowest BCUT2D eigenvalue weighted by molar-refractivity contribution is 0.608. The van der Waals surface area contributed by atoms with Crippen molar-refractivity contribution in [2.24, 2.45) is 0 Å². The molecule has 0 aliphatic heterocycles. The van der Waals surface area contributed by atoms with E-state index in [0.717, 1.165) is 12.8 Å². The number of fused-ring (bicyclic) bond motifs is 2. The first-order valence-electron chi connectivity index (χ1n) is 8.64. The molecule has 0 bridgehead atoms. The Kier molecular flexibility index (Phi) is 5.35. The third-order valence-electron chi connectivity index (χ3n) is 4.68. The normalized spacial score (nSPS) is 11.8. The molecule has 26 heavy (non-hydrogen) atoms.